The predicted octanol–water partition coefficient (Wildman–Crippen LogP) is 5.08. The van der Waals surface area contributed by atoms with E-state index in [-0.39, 0.29) is 18.8 Å². The van der Waals surface area contributed by atoms with Crippen molar-refractivity contribution in [3.05, 3.63) is 69.2 Å². The smallest absolute Gasteiger partial charge is 0.168 e. The van der Waals surface area contributed by atoms with Gasteiger partial charge in [0.2, 0.25) is 0 Å². The number of carbonyl (C=O) groups is 1. The van der Waals surface area contributed by atoms with E-state index in [0.29, 0.717) is 15.6 Å². The fourth-order valence-corrected chi connectivity index (χ4v) is 2.24. The summed E-state index contributed by atoms with van der Waals surface area (Å²) < 4.78 is 0. The fraction of sp³-hybridized carbons (Fsp3) is 0.176. The molecule has 0 unspecified atom stereocenters. The van der Waals surface area contributed by atoms with E-state index in [1.165, 1.54) is 6.21 Å². The van der Waals surface area contributed by atoms with Gasteiger partial charge in [0.05, 0.1) is 6.21 Å². The molecule has 0 bridgehead atoms. The second-order valence-corrected chi connectivity index (χ2v) is 5.63. The molecular formula is C17H15Cl2NO2. The van der Waals surface area contributed by atoms with Crippen LogP contribution in [0.2, 0.25) is 10.0 Å². The third-order valence-corrected chi connectivity index (χ3v) is 3.62. The average molecular weight is 336 g/mol. The van der Waals surface area contributed by atoms with Gasteiger partial charge in [-0.3, -0.25) is 4.79 Å². The summed E-state index contributed by atoms with van der Waals surface area (Å²) in [7, 11) is 0. The number of rotatable bonds is 6. The number of nitrogens with zero attached hydrogens (tertiary/aromatic N) is 1. The summed E-state index contributed by atoms with van der Waals surface area (Å²) in [5.41, 5.74) is 2.57. The minimum Gasteiger partial charge on any atom is -0.391 e. The van der Waals surface area contributed by atoms with Crippen molar-refractivity contribution in [2.24, 2.45) is 5.16 Å². The van der Waals surface area contributed by atoms with Crippen molar-refractivity contribution in [2.45, 2.75) is 20.0 Å². The summed E-state index contributed by atoms with van der Waals surface area (Å²) in [6, 6.07) is 12.6. The van der Waals surface area contributed by atoms with Gasteiger partial charge in [-0.1, -0.05) is 64.3 Å². The highest BCUT2D eigenvalue weighted by atomic mass is 35.5. The molecule has 0 heterocycles. The molecule has 0 saturated heterocycles. The van der Waals surface area contributed by atoms with E-state index in [9.17, 15) is 4.79 Å². The van der Waals surface area contributed by atoms with E-state index >= 15 is 0 Å². The molecule has 2 aromatic rings. The van der Waals surface area contributed by atoms with Crippen LogP contribution in [-0.4, -0.2) is 12.0 Å². The van der Waals surface area contributed by atoms with Crippen molar-refractivity contribution < 1.29 is 9.63 Å². The van der Waals surface area contributed by atoms with Crippen molar-refractivity contribution in [1.29, 1.82) is 0 Å². The molecule has 0 aliphatic rings. The maximum Gasteiger partial charge on any atom is 0.168 e. The molecule has 2 aromatic carbocycles. The topological polar surface area (TPSA) is 38.7 Å². The summed E-state index contributed by atoms with van der Waals surface area (Å²) in [5, 5.41) is 4.87. The molecule has 0 atom stereocenters. The molecular weight excluding hydrogens is 321 g/mol. The number of halogens is 2. The molecule has 2 rings (SSSR count). The zero-order valence-electron chi connectivity index (χ0n) is 12.1. The number of aryl methyl sites for hydroxylation is 1. The Balaban J connectivity index is 1.80. The number of ketones is 1. The second-order valence-electron chi connectivity index (χ2n) is 4.79. The fourth-order valence-electron chi connectivity index (χ4n) is 1.78. The Labute approximate surface area is 139 Å². The van der Waals surface area contributed by atoms with Gasteiger partial charge in [0.15, 0.2) is 5.78 Å². The molecule has 0 aliphatic carbocycles. The first-order valence-corrected chi connectivity index (χ1v) is 7.49. The highest BCUT2D eigenvalue weighted by molar-refractivity contribution is 6.35. The Bertz CT molecular complexity index is 682. The minimum absolute atomic E-state index is 0.00289. The van der Waals surface area contributed by atoms with E-state index in [0.717, 1.165) is 11.1 Å². The summed E-state index contributed by atoms with van der Waals surface area (Å²) in [6.07, 6.45) is 1.64. The lowest BCUT2D eigenvalue weighted by Gasteiger charge is -2.03. The molecule has 0 fully saturated rings. The van der Waals surface area contributed by atoms with E-state index in [1.807, 2.05) is 19.1 Å². The Morgan fingerprint density at radius 3 is 2.59 bits per heavy atom. The molecule has 22 heavy (non-hydrogen) atoms. The van der Waals surface area contributed by atoms with E-state index in [2.05, 4.69) is 5.16 Å². The van der Waals surface area contributed by atoms with Gasteiger partial charge in [-0.25, -0.2) is 0 Å². The minimum atomic E-state index is -0.00289. The largest absolute Gasteiger partial charge is 0.391 e. The molecule has 0 radical (unpaired) electrons. The average Bonchev–Trinajstić information content (AvgIpc) is 2.49. The standard InChI is InChI=1S/C17H15Cl2NO2/c1-12-2-4-13(5-3-12)17(21)8-9-20-22-11-14-6-7-15(18)10-16(14)19/h2-7,9-10H,8,11H2,1H3/b20-9-. The van der Waals surface area contributed by atoms with Crippen molar-refractivity contribution in [2.75, 3.05) is 0 Å². The summed E-state index contributed by atoms with van der Waals surface area (Å²) in [6.45, 7) is 2.21. The molecule has 0 saturated carbocycles. The number of hydrogen-bond acceptors (Lipinski definition) is 3. The number of carbonyl (C=O) groups excluding carboxylic acids is 1. The van der Waals surface area contributed by atoms with Crippen LogP contribution in [0, 0.1) is 6.92 Å². The third kappa shape index (κ3) is 4.86. The first kappa shape index (κ1) is 16.5. The number of hydrogen-bond donors (Lipinski definition) is 0. The quantitative estimate of drug-likeness (QED) is 0.419. The second kappa shape index (κ2) is 7.97. The summed E-state index contributed by atoms with van der Waals surface area (Å²) in [4.78, 5) is 17.0. The van der Waals surface area contributed by atoms with Gasteiger partial charge in [-0.15, -0.1) is 0 Å². The highest BCUT2D eigenvalue weighted by Crippen LogP contribution is 2.21. The normalized spacial score (nSPS) is 10.9. The van der Waals surface area contributed by atoms with Crippen LogP contribution in [0.5, 0.6) is 0 Å². The van der Waals surface area contributed by atoms with Crippen LogP contribution in [0.4, 0.5) is 0 Å². The molecule has 3 nitrogen and oxygen atoms in total. The number of Topliss-reactive ketones (excluding diaryl/α,β-unsaturated/α-hetero) is 1. The van der Waals surface area contributed by atoms with E-state index in [4.69, 9.17) is 28.0 Å². The summed E-state index contributed by atoms with van der Waals surface area (Å²) in [5.74, 6) is -0.00289. The van der Waals surface area contributed by atoms with Crippen molar-refractivity contribution in [3.63, 3.8) is 0 Å². The summed E-state index contributed by atoms with van der Waals surface area (Å²) >= 11 is 11.8. The monoisotopic (exact) mass is 335 g/mol. The van der Waals surface area contributed by atoms with Crippen molar-refractivity contribution >= 4 is 35.2 Å². The Hall–Kier alpha value is -1.84. The Morgan fingerprint density at radius 2 is 1.91 bits per heavy atom. The van der Waals surface area contributed by atoms with Gasteiger partial charge >= 0.3 is 0 Å². The lowest BCUT2D eigenvalue weighted by atomic mass is 10.1. The maximum absolute atomic E-state index is 11.9. The van der Waals surface area contributed by atoms with Crippen LogP contribution in [0.25, 0.3) is 0 Å². The number of benzene rings is 2. The molecule has 0 spiro atoms. The van der Waals surface area contributed by atoms with Gasteiger partial charge < -0.3 is 4.84 Å². The lowest BCUT2D eigenvalue weighted by Crippen LogP contribution is -1.99. The first-order valence-electron chi connectivity index (χ1n) is 6.74. The van der Waals surface area contributed by atoms with E-state index < -0.39 is 0 Å². The van der Waals surface area contributed by atoms with Crippen LogP contribution in [0.1, 0.15) is 27.9 Å². The molecule has 5 heteroatoms. The van der Waals surface area contributed by atoms with Crippen LogP contribution < -0.4 is 0 Å². The van der Waals surface area contributed by atoms with Gasteiger partial charge in [-0.2, -0.15) is 0 Å². The van der Waals surface area contributed by atoms with Crippen LogP contribution in [0.15, 0.2) is 47.6 Å². The molecule has 0 aromatic heterocycles. The van der Waals surface area contributed by atoms with Crippen molar-refractivity contribution in [3.8, 4) is 0 Å². The third-order valence-electron chi connectivity index (χ3n) is 3.03. The first-order chi connectivity index (χ1) is 10.6. The molecule has 114 valence electrons. The number of oxime groups is 1. The highest BCUT2D eigenvalue weighted by Gasteiger charge is 2.04. The predicted molar refractivity (Wildman–Crippen MR) is 89.9 cm³/mol. The van der Waals surface area contributed by atoms with Gasteiger partial charge in [-0.05, 0) is 19.1 Å². The van der Waals surface area contributed by atoms with Crippen LogP contribution in [0.3, 0.4) is 0 Å². The Morgan fingerprint density at radius 1 is 1.18 bits per heavy atom. The van der Waals surface area contributed by atoms with Crippen molar-refractivity contribution in [1.82, 2.24) is 0 Å². The van der Waals surface area contributed by atoms with Crippen LogP contribution >= 0.6 is 23.2 Å². The van der Waals surface area contributed by atoms with E-state index in [1.54, 1.807) is 30.3 Å². The zero-order valence-corrected chi connectivity index (χ0v) is 13.6. The molecule has 0 amide bonds. The Kier molecular flexibility index (Phi) is 5.99. The van der Waals surface area contributed by atoms with Gasteiger partial charge in [0.1, 0.15) is 6.61 Å². The van der Waals surface area contributed by atoms with Crippen LogP contribution in [-0.2, 0) is 11.4 Å². The molecule has 0 N–H and O–H groups in total. The SMILES string of the molecule is Cc1ccc(C(=O)C/C=N\OCc2ccc(Cl)cc2Cl)cc1. The zero-order chi connectivity index (χ0) is 15.9. The maximum atomic E-state index is 11.9. The lowest BCUT2D eigenvalue weighted by molar-refractivity contribution is 0.0996. The molecule has 0 aliphatic heterocycles. The van der Waals surface area contributed by atoms with Gasteiger partial charge in [0, 0.05) is 27.6 Å². The van der Waals surface area contributed by atoms with Gasteiger partial charge in [0.25, 0.3) is 0 Å².